The van der Waals surface area contributed by atoms with Gasteiger partial charge in [-0.1, -0.05) is 39.0 Å². The Kier molecular flexibility index (Phi) is 5.38. The number of aliphatic hydroxyl groups excluding tert-OH is 1. The second-order valence-electron chi connectivity index (χ2n) is 6.79. The van der Waals surface area contributed by atoms with E-state index in [1.54, 1.807) is 0 Å². The molecule has 20 heavy (non-hydrogen) atoms. The van der Waals surface area contributed by atoms with E-state index in [4.69, 9.17) is 0 Å². The smallest absolute Gasteiger partial charge is 0.392 e. The van der Waals surface area contributed by atoms with E-state index in [2.05, 4.69) is 6.92 Å². The highest BCUT2D eigenvalue weighted by molar-refractivity contribution is 4.89. The Morgan fingerprint density at radius 1 is 1.05 bits per heavy atom. The van der Waals surface area contributed by atoms with Crippen LogP contribution in [0.15, 0.2) is 0 Å². The molecule has 1 nitrogen and oxygen atoms in total. The van der Waals surface area contributed by atoms with Crippen molar-refractivity contribution in [2.24, 2.45) is 23.7 Å². The van der Waals surface area contributed by atoms with Crippen LogP contribution in [0.4, 0.5) is 13.2 Å². The maximum Gasteiger partial charge on any atom is 0.392 e. The van der Waals surface area contributed by atoms with Crippen LogP contribution < -0.4 is 0 Å². The van der Waals surface area contributed by atoms with E-state index in [0.29, 0.717) is 18.8 Å². The summed E-state index contributed by atoms with van der Waals surface area (Å²) in [6.07, 6.45) is 2.45. The van der Waals surface area contributed by atoms with Gasteiger partial charge in [0.25, 0.3) is 0 Å². The van der Waals surface area contributed by atoms with Crippen molar-refractivity contribution in [1.29, 1.82) is 0 Å². The Morgan fingerprint density at radius 2 is 1.75 bits per heavy atom. The first-order chi connectivity index (χ1) is 9.43. The lowest BCUT2D eigenvalue weighted by molar-refractivity contribution is -0.210. The molecule has 0 radical (unpaired) electrons. The molecule has 2 saturated carbocycles. The number of aliphatic hydroxyl groups is 1. The minimum Gasteiger partial charge on any atom is -0.393 e. The molecule has 0 bridgehead atoms. The number of rotatable bonds is 3. The summed E-state index contributed by atoms with van der Waals surface area (Å²) in [7, 11) is 0. The highest BCUT2D eigenvalue weighted by Crippen LogP contribution is 2.46. The van der Waals surface area contributed by atoms with Crippen molar-refractivity contribution in [2.75, 3.05) is 0 Å². The molecule has 0 aromatic rings. The van der Waals surface area contributed by atoms with Gasteiger partial charge in [0.1, 0.15) is 0 Å². The molecule has 1 N–H and O–H groups in total. The van der Waals surface area contributed by atoms with E-state index in [-0.39, 0.29) is 12.3 Å². The third-order valence-electron chi connectivity index (χ3n) is 5.56. The van der Waals surface area contributed by atoms with E-state index < -0.39 is 24.1 Å². The van der Waals surface area contributed by atoms with Crippen molar-refractivity contribution < 1.29 is 18.3 Å². The lowest BCUT2D eigenvalue weighted by Crippen LogP contribution is -2.43. The summed E-state index contributed by atoms with van der Waals surface area (Å²) in [5.74, 6) is -1.17. The predicted octanol–water partition coefficient (Wildman–Crippen LogP) is 4.93. The van der Waals surface area contributed by atoms with E-state index in [1.165, 1.54) is 6.42 Å². The molecule has 5 unspecified atom stereocenters. The second kappa shape index (κ2) is 6.67. The molecular weight excluding hydrogens is 265 g/mol. The molecule has 2 aliphatic rings. The highest BCUT2D eigenvalue weighted by atomic mass is 19.4. The first-order valence-electron chi connectivity index (χ1n) is 8.18. The lowest BCUT2D eigenvalue weighted by Gasteiger charge is -2.41. The largest absolute Gasteiger partial charge is 0.393 e. The zero-order chi connectivity index (χ0) is 14.8. The van der Waals surface area contributed by atoms with Gasteiger partial charge in [-0.2, -0.15) is 13.2 Å². The summed E-state index contributed by atoms with van der Waals surface area (Å²) in [4.78, 5) is 0. The topological polar surface area (TPSA) is 20.2 Å². The third kappa shape index (κ3) is 3.69. The van der Waals surface area contributed by atoms with Gasteiger partial charge in [0, 0.05) is 0 Å². The van der Waals surface area contributed by atoms with E-state index in [1.807, 2.05) is 0 Å². The number of alkyl halides is 3. The molecule has 0 saturated heterocycles. The van der Waals surface area contributed by atoms with Gasteiger partial charge in [-0.3, -0.25) is 0 Å². The summed E-state index contributed by atoms with van der Waals surface area (Å²) in [6.45, 7) is 2.14. The molecule has 2 aliphatic carbocycles. The Morgan fingerprint density at radius 3 is 2.40 bits per heavy atom. The van der Waals surface area contributed by atoms with Gasteiger partial charge in [-0.05, 0) is 43.4 Å². The first-order valence-corrected chi connectivity index (χ1v) is 8.18. The quantitative estimate of drug-likeness (QED) is 0.781. The average Bonchev–Trinajstić information content (AvgIpc) is 2.45. The van der Waals surface area contributed by atoms with Gasteiger partial charge in [0.05, 0.1) is 12.0 Å². The normalized spacial score (nSPS) is 37.6. The molecule has 0 spiro atoms. The van der Waals surface area contributed by atoms with Crippen LogP contribution >= 0.6 is 0 Å². The van der Waals surface area contributed by atoms with Crippen molar-refractivity contribution in [2.45, 2.75) is 77.0 Å². The van der Waals surface area contributed by atoms with Gasteiger partial charge < -0.3 is 5.11 Å². The molecule has 0 aromatic carbocycles. The van der Waals surface area contributed by atoms with Gasteiger partial charge in [-0.25, -0.2) is 0 Å². The number of hydrogen-bond acceptors (Lipinski definition) is 1. The predicted molar refractivity (Wildman–Crippen MR) is 73.2 cm³/mol. The fourth-order valence-corrected chi connectivity index (χ4v) is 4.34. The zero-order valence-corrected chi connectivity index (χ0v) is 12.3. The molecular formula is C16H27F3O. The van der Waals surface area contributed by atoms with Gasteiger partial charge >= 0.3 is 6.18 Å². The number of halogens is 3. The first kappa shape index (κ1) is 16.1. The highest BCUT2D eigenvalue weighted by Gasteiger charge is 2.49. The standard InChI is InChI=1S/C16H27F3O/c1-2-11-6-5-7-12(10-11)15(20)13-8-3-4-9-14(13)16(17,18)19/h11-15,20H,2-10H2,1H3. The monoisotopic (exact) mass is 292 g/mol. The average molecular weight is 292 g/mol. The fraction of sp³-hybridized carbons (Fsp3) is 1.00. The van der Waals surface area contributed by atoms with Gasteiger partial charge in [0.2, 0.25) is 0 Å². The van der Waals surface area contributed by atoms with Crippen LogP contribution in [0.5, 0.6) is 0 Å². The molecule has 2 rings (SSSR count). The molecule has 0 heterocycles. The van der Waals surface area contributed by atoms with Crippen molar-refractivity contribution in [3.05, 3.63) is 0 Å². The summed E-state index contributed by atoms with van der Waals surface area (Å²) in [5.41, 5.74) is 0. The lowest BCUT2D eigenvalue weighted by atomic mass is 9.68. The minimum absolute atomic E-state index is 0.0849. The van der Waals surface area contributed by atoms with E-state index >= 15 is 0 Å². The van der Waals surface area contributed by atoms with Gasteiger partial charge in [0.15, 0.2) is 0 Å². The molecule has 0 amide bonds. The summed E-state index contributed by atoms with van der Waals surface area (Å²) >= 11 is 0. The van der Waals surface area contributed by atoms with Crippen LogP contribution in [-0.4, -0.2) is 17.4 Å². The van der Waals surface area contributed by atoms with Crippen molar-refractivity contribution in [1.82, 2.24) is 0 Å². The molecule has 4 heteroatoms. The Balaban J connectivity index is 2.03. The number of hydrogen-bond donors (Lipinski definition) is 1. The fourth-order valence-electron chi connectivity index (χ4n) is 4.34. The zero-order valence-electron chi connectivity index (χ0n) is 12.3. The maximum absolute atomic E-state index is 13.2. The molecule has 0 aliphatic heterocycles. The Bertz CT molecular complexity index is 303. The van der Waals surface area contributed by atoms with Crippen LogP contribution in [-0.2, 0) is 0 Å². The Hall–Kier alpha value is -0.250. The van der Waals surface area contributed by atoms with Crippen molar-refractivity contribution >= 4 is 0 Å². The second-order valence-corrected chi connectivity index (χ2v) is 6.79. The molecule has 5 atom stereocenters. The van der Waals surface area contributed by atoms with Crippen molar-refractivity contribution in [3.63, 3.8) is 0 Å². The van der Waals surface area contributed by atoms with Gasteiger partial charge in [-0.15, -0.1) is 0 Å². The van der Waals surface area contributed by atoms with Crippen LogP contribution in [0.2, 0.25) is 0 Å². The third-order valence-corrected chi connectivity index (χ3v) is 5.56. The Labute approximate surface area is 119 Å². The minimum atomic E-state index is -4.15. The molecule has 0 aromatic heterocycles. The summed E-state index contributed by atoms with van der Waals surface area (Å²) in [5, 5.41) is 10.5. The summed E-state index contributed by atoms with van der Waals surface area (Å²) < 4.78 is 39.5. The van der Waals surface area contributed by atoms with Crippen LogP contribution in [0, 0.1) is 23.7 Å². The summed E-state index contributed by atoms with van der Waals surface area (Å²) in [6, 6.07) is 0. The van der Waals surface area contributed by atoms with Crippen LogP contribution in [0.3, 0.4) is 0 Å². The van der Waals surface area contributed by atoms with Crippen LogP contribution in [0.1, 0.15) is 64.7 Å². The van der Waals surface area contributed by atoms with Crippen LogP contribution in [0.25, 0.3) is 0 Å². The van der Waals surface area contributed by atoms with E-state index in [0.717, 1.165) is 32.1 Å². The SMILES string of the molecule is CCC1CCCC(C(O)C2CCCCC2C(F)(F)F)C1. The molecule has 2 fully saturated rings. The maximum atomic E-state index is 13.2. The van der Waals surface area contributed by atoms with Crippen molar-refractivity contribution in [3.8, 4) is 0 Å². The molecule has 118 valence electrons. The van der Waals surface area contributed by atoms with E-state index in [9.17, 15) is 18.3 Å².